The highest BCUT2D eigenvalue weighted by atomic mass is 31.2. The summed E-state index contributed by atoms with van der Waals surface area (Å²) in [4.78, 5) is 73.1. The van der Waals surface area contributed by atoms with Crippen LogP contribution < -0.4 is 0 Å². The van der Waals surface area contributed by atoms with Gasteiger partial charge in [-0.15, -0.1) is 0 Å². The first kappa shape index (κ1) is 99.1. The molecule has 19 heteroatoms. The number of aliphatic hydroxyl groups excluding tert-OH is 1. The Hall–Kier alpha value is -1.94. The molecular formula is C82H160O17P2. The van der Waals surface area contributed by atoms with Crippen LogP contribution in [0.5, 0.6) is 0 Å². The predicted octanol–water partition coefficient (Wildman–Crippen LogP) is 24.5. The molecule has 0 aromatic heterocycles. The Morgan fingerprint density at radius 2 is 0.505 bits per heavy atom. The zero-order chi connectivity index (χ0) is 74.4. The van der Waals surface area contributed by atoms with Gasteiger partial charge in [0.25, 0.3) is 0 Å². The van der Waals surface area contributed by atoms with Crippen molar-refractivity contribution in [2.45, 2.75) is 446 Å². The molecule has 6 atom stereocenters. The van der Waals surface area contributed by atoms with E-state index in [9.17, 15) is 43.2 Å². The number of unbranched alkanes of at least 4 members (excludes halogenated alkanes) is 47. The molecule has 3 N–H and O–H groups in total. The molecule has 0 aliphatic heterocycles. The van der Waals surface area contributed by atoms with Gasteiger partial charge >= 0.3 is 39.5 Å². The van der Waals surface area contributed by atoms with Gasteiger partial charge in [0, 0.05) is 25.7 Å². The zero-order valence-electron chi connectivity index (χ0n) is 66.4. The first-order valence-corrected chi connectivity index (χ1v) is 45.4. The second-order valence-corrected chi connectivity index (χ2v) is 33.6. The first-order chi connectivity index (χ1) is 48.8. The molecule has 600 valence electrons. The summed E-state index contributed by atoms with van der Waals surface area (Å²) in [5.41, 5.74) is 0. The van der Waals surface area contributed by atoms with Gasteiger partial charge in [-0.3, -0.25) is 37.3 Å². The lowest BCUT2D eigenvalue weighted by Crippen LogP contribution is -2.30. The Bertz CT molecular complexity index is 1960. The third-order valence-electron chi connectivity index (χ3n) is 19.5. The Labute approximate surface area is 619 Å². The van der Waals surface area contributed by atoms with Crippen molar-refractivity contribution in [1.82, 2.24) is 0 Å². The average Bonchev–Trinajstić information content (AvgIpc) is 0.917. The molecule has 0 amide bonds. The number of carbonyl (C=O) groups excluding carboxylic acids is 4. The van der Waals surface area contributed by atoms with E-state index in [4.69, 9.17) is 37.0 Å². The number of hydrogen-bond donors (Lipinski definition) is 3. The molecule has 0 heterocycles. The summed E-state index contributed by atoms with van der Waals surface area (Å²) in [5.74, 6) is 0.286. The number of carbonyl (C=O) groups is 4. The number of phosphoric ester groups is 2. The van der Waals surface area contributed by atoms with E-state index in [0.29, 0.717) is 25.7 Å². The number of ether oxygens (including phenoxy) is 4. The number of rotatable bonds is 80. The molecule has 0 aliphatic carbocycles. The van der Waals surface area contributed by atoms with Crippen LogP contribution in [-0.2, 0) is 65.4 Å². The van der Waals surface area contributed by atoms with Crippen molar-refractivity contribution < 1.29 is 80.2 Å². The summed E-state index contributed by atoms with van der Waals surface area (Å²) >= 11 is 0. The third-order valence-corrected chi connectivity index (χ3v) is 21.4. The van der Waals surface area contributed by atoms with E-state index in [0.717, 1.165) is 108 Å². The maximum atomic E-state index is 13.1. The maximum absolute atomic E-state index is 13.1. The van der Waals surface area contributed by atoms with Gasteiger partial charge in [0.05, 0.1) is 26.4 Å². The van der Waals surface area contributed by atoms with Crippen LogP contribution >= 0.6 is 15.6 Å². The topological polar surface area (TPSA) is 237 Å². The molecule has 0 aliphatic rings. The molecule has 0 aromatic rings. The lowest BCUT2D eigenvalue weighted by atomic mass is 9.99. The Morgan fingerprint density at radius 3 is 0.752 bits per heavy atom. The Balaban J connectivity index is 5.27. The minimum Gasteiger partial charge on any atom is -0.462 e. The Morgan fingerprint density at radius 1 is 0.287 bits per heavy atom. The number of aliphatic hydroxyl groups is 1. The predicted molar refractivity (Wildman–Crippen MR) is 414 cm³/mol. The SMILES string of the molecule is CCCCCCCCCCCCCCCC(=O)OC[C@H](COP(=O)(O)OC[C@H](O)COP(=O)(O)OC[C@@H](COC(=O)CCCCCCCCCCCCCCC(C)C)OC(=O)CCCCCCCCCCCCCCCCCCC(C)C)OC(=O)CCCCCCCCCCCCC(C)CC. The van der Waals surface area contributed by atoms with Gasteiger partial charge in [-0.1, -0.05) is 376 Å². The minimum atomic E-state index is -4.96. The van der Waals surface area contributed by atoms with E-state index in [2.05, 4.69) is 48.5 Å². The summed E-state index contributed by atoms with van der Waals surface area (Å²) in [6.07, 6.45) is 60.8. The van der Waals surface area contributed by atoms with Crippen LogP contribution in [0.4, 0.5) is 0 Å². The van der Waals surface area contributed by atoms with Crippen LogP contribution in [0.1, 0.15) is 427 Å². The number of hydrogen-bond acceptors (Lipinski definition) is 15. The summed E-state index contributed by atoms with van der Waals surface area (Å²) < 4.78 is 68.8. The van der Waals surface area contributed by atoms with Gasteiger partial charge in [-0.25, -0.2) is 9.13 Å². The molecule has 17 nitrogen and oxygen atoms in total. The molecule has 101 heavy (non-hydrogen) atoms. The molecular weight excluding hydrogens is 1320 g/mol. The lowest BCUT2D eigenvalue weighted by Gasteiger charge is -2.21. The van der Waals surface area contributed by atoms with Crippen LogP contribution in [-0.4, -0.2) is 96.7 Å². The van der Waals surface area contributed by atoms with E-state index >= 15 is 0 Å². The van der Waals surface area contributed by atoms with Crippen molar-refractivity contribution in [1.29, 1.82) is 0 Å². The van der Waals surface area contributed by atoms with Gasteiger partial charge in [-0.05, 0) is 43.4 Å². The molecule has 0 fully saturated rings. The average molecular weight is 1480 g/mol. The largest absolute Gasteiger partial charge is 0.472 e. The quantitative estimate of drug-likeness (QED) is 0.0222. The number of esters is 4. The molecule has 0 spiro atoms. The normalized spacial score (nSPS) is 14.2. The summed E-state index contributed by atoms with van der Waals surface area (Å²) in [7, 11) is -9.92. The third kappa shape index (κ3) is 74.7. The number of phosphoric acid groups is 2. The smallest absolute Gasteiger partial charge is 0.462 e. The summed E-state index contributed by atoms with van der Waals surface area (Å²) in [6, 6.07) is 0. The lowest BCUT2D eigenvalue weighted by molar-refractivity contribution is -0.161. The Kier molecular flexibility index (Phi) is 70.9. The van der Waals surface area contributed by atoms with Crippen molar-refractivity contribution in [2.24, 2.45) is 17.8 Å². The second-order valence-electron chi connectivity index (χ2n) is 30.7. The van der Waals surface area contributed by atoms with E-state index in [-0.39, 0.29) is 25.7 Å². The second kappa shape index (κ2) is 72.3. The van der Waals surface area contributed by atoms with Crippen LogP contribution in [0, 0.1) is 17.8 Å². The standard InChI is InChI=1S/C82H160O17P2/c1-8-10-11-12-13-14-15-20-27-35-42-49-56-63-79(84)92-70-78(99-82(87)66-59-52-45-38-31-30-34-41-48-55-62-75(7)9-2)72-97-101(90,91)95-68-76(83)67-94-100(88,89)96-71-77(69-93-80(85)64-57-50-43-36-28-24-23-26-33-40-47-54-61-74(5)6)98-81(86)65-58-51-44-37-29-22-19-17-16-18-21-25-32-39-46-53-60-73(3)4/h73-78,83H,8-72H2,1-7H3,(H,88,89)(H,90,91)/t75?,76-,77-,78-/m1/s1. The molecule has 0 rings (SSSR count). The van der Waals surface area contributed by atoms with Crippen molar-refractivity contribution in [2.75, 3.05) is 39.6 Å². The fourth-order valence-corrected chi connectivity index (χ4v) is 14.2. The van der Waals surface area contributed by atoms with Crippen molar-refractivity contribution in [3.63, 3.8) is 0 Å². The molecule has 0 aromatic carbocycles. The molecule has 0 saturated heterocycles. The van der Waals surface area contributed by atoms with Gasteiger partial charge in [0.1, 0.15) is 19.3 Å². The first-order valence-electron chi connectivity index (χ1n) is 42.4. The van der Waals surface area contributed by atoms with Gasteiger partial charge in [0.15, 0.2) is 12.2 Å². The highest BCUT2D eigenvalue weighted by molar-refractivity contribution is 7.47. The van der Waals surface area contributed by atoms with E-state index in [1.54, 1.807) is 0 Å². The molecule has 0 bridgehead atoms. The van der Waals surface area contributed by atoms with Crippen molar-refractivity contribution in [3.05, 3.63) is 0 Å². The summed E-state index contributed by atoms with van der Waals surface area (Å²) in [6.45, 7) is 12.0. The van der Waals surface area contributed by atoms with Crippen LogP contribution in [0.3, 0.4) is 0 Å². The van der Waals surface area contributed by atoms with E-state index in [1.165, 1.54) is 238 Å². The highest BCUT2D eigenvalue weighted by Crippen LogP contribution is 2.45. The minimum absolute atomic E-state index is 0.107. The highest BCUT2D eigenvalue weighted by Gasteiger charge is 2.30. The van der Waals surface area contributed by atoms with E-state index < -0.39 is 97.5 Å². The van der Waals surface area contributed by atoms with Crippen LogP contribution in [0.15, 0.2) is 0 Å². The van der Waals surface area contributed by atoms with Gasteiger partial charge < -0.3 is 33.8 Å². The maximum Gasteiger partial charge on any atom is 0.472 e. The molecule has 0 saturated carbocycles. The van der Waals surface area contributed by atoms with Crippen molar-refractivity contribution in [3.8, 4) is 0 Å². The fraction of sp³-hybridized carbons (Fsp3) is 0.951. The van der Waals surface area contributed by atoms with Crippen LogP contribution in [0.2, 0.25) is 0 Å². The zero-order valence-corrected chi connectivity index (χ0v) is 68.2. The summed E-state index contributed by atoms with van der Waals surface area (Å²) in [5, 5.41) is 10.7. The monoisotopic (exact) mass is 1480 g/mol. The molecule has 3 unspecified atom stereocenters. The van der Waals surface area contributed by atoms with Crippen LogP contribution in [0.25, 0.3) is 0 Å². The van der Waals surface area contributed by atoms with E-state index in [1.807, 2.05) is 0 Å². The molecule has 0 radical (unpaired) electrons. The van der Waals surface area contributed by atoms with Gasteiger partial charge in [-0.2, -0.15) is 0 Å². The fourth-order valence-electron chi connectivity index (χ4n) is 12.6. The van der Waals surface area contributed by atoms with Gasteiger partial charge in [0.2, 0.25) is 0 Å². The van der Waals surface area contributed by atoms with Crippen molar-refractivity contribution >= 4 is 39.5 Å².